The molecule has 6 aromatic rings. The zero-order valence-corrected chi connectivity index (χ0v) is 25.6. The lowest BCUT2D eigenvalue weighted by molar-refractivity contribution is -0.140. The molecule has 0 atom stereocenters. The summed E-state index contributed by atoms with van der Waals surface area (Å²) in [4.78, 5) is 22.1. The van der Waals surface area contributed by atoms with Crippen molar-refractivity contribution in [2.24, 2.45) is 5.73 Å². The minimum Gasteiger partial charge on any atom is -0.454 e. The van der Waals surface area contributed by atoms with Gasteiger partial charge in [0.1, 0.15) is 24.5 Å². The Labute approximate surface area is 267 Å². The molecule has 0 aliphatic carbocycles. The first-order valence-corrected chi connectivity index (χ1v) is 16.1. The average molecular weight is 663 g/mol. The number of pyridine rings is 1. The van der Waals surface area contributed by atoms with Crippen molar-refractivity contribution >= 4 is 43.5 Å². The Morgan fingerprint density at radius 3 is 2.47 bits per heavy atom. The van der Waals surface area contributed by atoms with Crippen LogP contribution in [0.4, 0.5) is 18.9 Å². The Morgan fingerprint density at radius 1 is 0.936 bits per heavy atom. The van der Waals surface area contributed by atoms with E-state index < -0.39 is 28.7 Å². The number of esters is 1. The van der Waals surface area contributed by atoms with Crippen molar-refractivity contribution in [1.29, 1.82) is 0 Å². The van der Waals surface area contributed by atoms with Gasteiger partial charge in [0.05, 0.1) is 30.0 Å². The number of nitrogens with two attached hydrogens (primary N) is 1. The van der Waals surface area contributed by atoms with Gasteiger partial charge in [0, 0.05) is 23.8 Å². The SMILES string of the molecule is NCc1ccc2cc(C(=O)OCc3cn(CC(F)(F)F)cn3)n(Cc3cc(NS(=O)(=O)Cc4ccccc4)cc4ccccc34)c2n1. The van der Waals surface area contributed by atoms with Crippen LogP contribution in [0.3, 0.4) is 0 Å². The zero-order valence-electron chi connectivity index (χ0n) is 24.8. The summed E-state index contributed by atoms with van der Waals surface area (Å²) in [6, 6.07) is 24.9. The van der Waals surface area contributed by atoms with Crippen molar-refractivity contribution in [3.63, 3.8) is 0 Å². The molecule has 3 N–H and O–H groups in total. The first-order chi connectivity index (χ1) is 22.5. The predicted octanol–water partition coefficient (Wildman–Crippen LogP) is 5.75. The molecule has 0 radical (unpaired) electrons. The van der Waals surface area contributed by atoms with Crippen LogP contribution in [0.1, 0.15) is 33.0 Å². The van der Waals surface area contributed by atoms with Crippen LogP contribution >= 0.6 is 0 Å². The average Bonchev–Trinajstić information content (AvgIpc) is 3.62. The molecule has 0 spiro atoms. The number of sulfonamides is 1. The summed E-state index contributed by atoms with van der Waals surface area (Å²) in [5, 5.41) is 2.23. The summed E-state index contributed by atoms with van der Waals surface area (Å²) in [6.45, 7) is -1.31. The summed E-state index contributed by atoms with van der Waals surface area (Å²) in [7, 11) is -3.77. The van der Waals surface area contributed by atoms with Gasteiger partial charge in [-0.05, 0) is 52.2 Å². The second-order valence-corrected chi connectivity index (χ2v) is 12.7. The normalized spacial score (nSPS) is 12.1. The number of anilines is 1. The molecule has 0 bridgehead atoms. The highest BCUT2D eigenvalue weighted by molar-refractivity contribution is 7.91. The van der Waals surface area contributed by atoms with Gasteiger partial charge in [-0.15, -0.1) is 0 Å². The van der Waals surface area contributed by atoms with Crippen LogP contribution in [0.2, 0.25) is 0 Å². The number of rotatable bonds is 11. The maximum absolute atomic E-state index is 13.5. The van der Waals surface area contributed by atoms with Crippen molar-refractivity contribution < 1.29 is 31.1 Å². The van der Waals surface area contributed by atoms with Crippen molar-refractivity contribution in [3.8, 4) is 0 Å². The fraction of sp³-hybridized carbons (Fsp3) is 0.182. The Kier molecular flexibility index (Phi) is 8.71. The molecule has 3 aromatic heterocycles. The number of nitrogens with zero attached hydrogens (tertiary/aromatic N) is 4. The summed E-state index contributed by atoms with van der Waals surface area (Å²) in [5.74, 6) is -0.958. The second-order valence-electron chi connectivity index (χ2n) is 11.0. The van der Waals surface area contributed by atoms with Crippen molar-refractivity contribution in [2.45, 2.75) is 38.2 Å². The Hall–Kier alpha value is -5.21. The van der Waals surface area contributed by atoms with Gasteiger partial charge in [0.25, 0.3) is 0 Å². The summed E-state index contributed by atoms with van der Waals surface area (Å²) in [5.41, 5.74) is 8.86. The first-order valence-electron chi connectivity index (χ1n) is 14.5. The third-order valence-electron chi connectivity index (χ3n) is 7.37. The number of fused-ring (bicyclic) bond motifs is 2. The van der Waals surface area contributed by atoms with E-state index in [9.17, 15) is 26.4 Å². The van der Waals surface area contributed by atoms with Crippen LogP contribution < -0.4 is 10.5 Å². The molecule has 0 amide bonds. The van der Waals surface area contributed by atoms with Crippen LogP contribution in [0, 0.1) is 0 Å². The van der Waals surface area contributed by atoms with E-state index in [1.807, 2.05) is 30.3 Å². The number of ether oxygens (including phenoxy) is 1. The number of carbonyl (C=O) groups is 1. The Balaban J connectivity index is 1.34. The lowest BCUT2D eigenvalue weighted by Crippen LogP contribution is -2.16. The van der Waals surface area contributed by atoms with E-state index in [1.54, 1.807) is 59.2 Å². The summed E-state index contributed by atoms with van der Waals surface area (Å²) < 4.78 is 75.3. The third kappa shape index (κ3) is 7.61. The van der Waals surface area contributed by atoms with Gasteiger partial charge in [0.2, 0.25) is 10.0 Å². The van der Waals surface area contributed by atoms with Crippen LogP contribution in [0.5, 0.6) is 0 Å². The van der Waals surface area contributed by atoms with E-state index >= 15 is 0 Å². The highest BCUT2D eigenvalue weighted by Gasteiger charge is 2.28. The molecule has 0 fully saturated rings. The smallest absolute Gasteiger partial charge is 0.406 e. The number of benzene rings is 3. The van der Waals surface area contributed by atoms with Crippen LogP contribution in [0.25, 0.3) is 21.8 Å². The van der Waals surface area contributed by atoms with Crippen LogP contribution in [0.15, 0.2) is 97.5 Å². The maximum Gasteiger partial charge on any atom is 0.406 e. The molecule has 3 heterocycles. The predicted molar refractivity (Wildman–Crippen MR) is 171 cm³/mol. The van der Waals surface area contributed by atoms with Crippen molar-refractivity contribution in [1.82, 2.24) is 19.1 Å². The van der Waals surface area contributed by atoms with E-state index in [4.69, 9.17) is 10.5 Å². The molecule has 3 aromatic carbocycles. The van der Waals surface area contributed by atoms with Crippen molar-refractivity contribution in [3.05, 3.63) is 126 Å². The lowest BCUT2D eigenvalue weighted by atomic mass is 10.0. The van der Waals surface area contributed by atoms with Gasteiger partial charge >= 0.3 is 12.1 Å². The topological polar surface area (TPSA) is 134 Å². The van der Waals surface area contributed by atoms with Crippen molar-refractivity contribution in [2.75, 3.05) is 4.72 Å². The zero-order chi connectivity index (χ0) is 33.2. The van der Waals surface area contributed by atoms with Gasteiger partial charge in [-0.1, -0.05) is 54.6 Å². The second kappa shape index (κ2) is 12.9. The Morgan fingerprint density at radius 2 is 1.70 bits per heavy atom. The van der Waals surface area contributed by atoms with E-state index in [1.165, 1.54) is 6.20 Å². The van der Waals surface area contributed by atoms with Gasteiger partial charge in [0.15, 0.2) is 0 Å². The summed E-state index contributed by atoms with van der Waals surface area (Å²) >= 11 is 0. The van der Waals surface area contributed by atoms with Crippen LogP contribution in [-0.4, -0.2) is 39.7 Å². The molecule has 47 heavy (non-hydrogen) atoms. The van der Waals surface area contributed by atoms with Gasteiger partial charge < -0.3 is 19.6 Å². The molecular weight excluding hydrogens is 633 g/mol. The molecule has 10 nitrogen and oxygen atoms in total. The van der Waals surface area contributed by atoms with Crippen LogP contribution in [-0.2, 0) is 46.8 Å². The van der Waals surface area contributed by atoms with E-state index in [2.05, 4.69) is 14.7 Å². The number of nitrogens with one attached hydrogen (secondary N) is 1. The highest BCUT2D eigenvalue weighted by atomic mass is 32.2. The number of halogens is 3. The standard InChI is InChI=1S/C33H29F3N6O4S/c34-33(35,36)20-41-17-28(38-21-41)18-46-32(43)30-14-24-10-11-26(15-37)39-31(24)42(30)16-25-13-27(12-23-8-4-5-9-29(23)25)40-47(44,45)19-22-6-2-1-3-7-22/h1-14,17,21,40H,15-16,18-20,37H2. The fourth-order valence-corrected chi connectivity index (χ4v) is 6.54. The third-order valence-corrected chi connectivity index (χ3v) is 8.63. The monoisotopic (exact) mass is 662 g/mol. The molecular formula is C33H29F3N6O4S. The minimum atomic E-state index is -4.42. The number of alkyl halides is 3. The van der Waals surface area contributed by atoms with E-state index in [-0.39, 0.29) is 36.8 Å². The molecule has 14 heteroatoms. The molecule has 0 saturated heterocycles. The largest absolute Gasteiger partial charge is 0.454 e. The van der Waals surface area contributed by atoms with Gasteiger partial charge in [-0.25, -0.2) is 23.2 Å². The van der Waals surface area contributed by atoms with E-state index in [0.717, 1.165) is 21.7 Å². The fourth-order valence-electron chi connectivity index (χ4n) is 5.36. The number of hydrogen-bond acceptors (Lipinski definition) is 7. The minimum absolute atomic E-state index is 0.101. The van der Waals surface area contributed by atoms with Gasteiger partial charge in [-0.2, -0.15) is 13.2 Å². The maximum atomic E-state index is 13.5. The number of imidazole rings is 1. The van der Waals surface area contributed by atoms with Gasteiger partial charge in [-0.3, -0.25) is 4.72 Å². The number of aromatic nitrogens is 4. The molecule has 242 valence electrons. The Bertz CT molecular complexity index is 2180. The van der Waals surface area contributed by atoms with E-state index in [0.29, 0.717) is 33.5 Å². The highest BCUT2D eigenvalue weighted by Crippen LogP contribution is 2.29. The molecule has 0 saturated carbocycles. The molecule has 6 rings (SSSR count). The molecule has 0 unspecified atom stereocenters. The molecule has 0 aliphatic rings. The quantitative estimate of drug-likeness (QED) is 0.169. The first kappa shape index (κ1) is 31.8. The summed E-state index contributed by atoms with van der Waals surface area (Å²) in [6.07, 6.45) is -2.23. The number of hydrogen-bond donors (Lipinski definition) is 2. The molecule has 0 aliphatic heterocycles. The number of carbonyl (C=O) groups excluding carboxylic acids is 1. The lowest BCUT2D eigenvalue weighted by Gasteiger charge is -2.15.